The molecule has 1 saturated carbocycles. The monoisotopic (exact) mass is 382 g/mol. The van der Waals surface area contributed by atoms with Gasteiger partial charge in [-0.15, -0.1) is 0 Å². The lowest BCUT2D eigenvalue weighted by atomic mass is 9.94. The summed E-state index contributed by atoms with van der Waals surface area (Å²) >= 11 is 0. The summed E-state index contributed by atoms with van der Waals surface area (Å²) in [4.78, 5) is 42.3. The minimum atomic E-state index is -0.199. The van der Waals surface area contributed by atoms with E-state index in [9.17, 15) is 9.59 Å². The van der Waals surface area contributed by atoms with Gasteiger partial charge >= 0.3 is 0 Å². The van der Waals surface area contributed by atoms with E-state index in [1.165, 1.54) is 25.3 Å². The van der Waals surface area contributed by atoms with Gasteiger partial charge < -0.3 is 10.2 Å². The van der Waals surface area contributed by atoms with Crippen molar-refractivity contribution in [2.45, 2.75) is 56.9 Å². The van der Waals surface area contributed by atoms with Gasteiger partial charge in [-0.25, -0.2) is 4.98 Å². The van der Waals surface area contributed by atoms with Crippen LogP contribution in [0.3, 0.4) is 0 Å². The first-order valence-electron chi connectivity index (χ1n) is 10.1. The van der Waals surface area contributed by atoms with Gasteiger partial charge in [0.2, 0.25) is 11.9 Å². The van der Waals surface area contributed by atoms with Gasteiger partial charge in [0.25, 0.3) is 5.56 Å². The van der Waals surface area contributed by atoms with Crippen molar-refractivity contribution in [3.05, 3.63) is 46.4 Å². The predicted octanol–water partition coefficient (Wildman–Crippen LogP) is 1.86. The fourth-order valence-electron chi connectivity index (χ4n) is 4.21. The second kappa shape index (κ2) is 8.50. The molecule has 2 aromatic rings. The summed E-state index contributed by atoms with van der Waals surface area (Å²) < 4.78 is 0. The topological polar surface area (TPSA) is 104 Å². The van der Waals surface area contributed by atoms with Gasteiger partial charge in [-0.1, -0.05) is 19.3 Å². The van der Waals surface area contributed by atoms with E-state index in [0.717, 1.165) is 18.5 Å². The molecule has 0 spiro atoms. The molecule has 3 heterocycles. The Morgan fingerprint density at radius 2 is 2.04 bits per heavy atom. The lowest BCUT2D eigenvalue weighted by molar-refractivity contribution is -0.130. The molecule has 2 aliphatic rings. The second-order valence-electron chi connectivity index (χ2n) is 7.63. The molecular weight excluding hydrogens is 356 g/mol. The molecule has 0 aromatic carbocycles. The van der Waals surface area contributed by atoms with E-state index in [0.29, 0.717) is 43.6 Å². The predicted molar refractivity (Wildman–Crippen MR) is 105 cm³/mol. The zero-order valence-corrected chi connectivity index (χ0v) is 15.9. The third-order valence-corrected chi connectivity index (χ3v) is 5.64. The van der Waals surface area contributed by atoms with Crippen LogP contribution in [0, 0.1) is 0 Å². The van der Waals surface area contributed by atoms with Crippen LogP contribution in [-0.2, 0) is 11.2 Å². The Labute approximate surface area is 163 Å². The largest absolute Gasteiger partial charge is 0.355 e. The van der Waals surface area contributed by atoms with E-state index in [1.807, 2.05) is 4.90 Å². The van der Waals surface area contributed by atoms with Gasteiger partial charge in [0.1, 0.15) is 0 Å². The summed E-state index contributed by atoms with van der Waals surface area (Å²) in [7, 11) is 0. The number of anilines is 1. The molecular formula is C20H26N6O2. The number of H-pyrrole nitrogens is 1. The highest BCUT2D eigenvalue weighted by molar-refractivity contribution is 5.80. The van der Waals surface area contributed by atoms with E-state index in [1.54, 1.807) is 18.6 Å². The van der Waals surface area contributed by atoms with Crippen molar-refractivity contribution in [2.75, 3.05) is 18.4 Å². The van der Waals surface area contributed by atoms with Gasteiger partial charge in [-0.05, 0) is 12.8 Å². The number of carbonyl (C=O) groups excluding carboxylic acids is 1. The van der Waals surface area contributed by atoms with Crippen LogP contribution >= 0.6 is 0 Å². The molecule has 2 N–H and O–H groups in total. The Hall–Kier alpha value is -2.77. The molecule has 0 radical (unpaired) electrons. The Bertz CT molecular complexity index is 862. The summed E-state index contributed by atoms with van der Waals surface area (Å²) in [5, 5.41) is 3.15. The van der Waals surface area contributed by atoms with Gasteiger partial charge in [-0.2, -0.15) is 0 Å². The number of carbonyl (C=O) groups is 1. The van der Waals surface area contributed by atoms with E-state index >= 15 is 0 Å². The molecule has 2 fully saturated rings. The van der Waals surface area contributed by atoms with Crippen molar-refractivity contribution in [3.63, 3.8) is 0 Å². The number of nitrogens with one attached hydrogen (secondary N) is 2. The van der Waals surface area contributed by atoms with Crippen LogP contribution < -0.4 is 10.9 Å². The third kappa shape index (κ3) is 4.37. The SMILES string of the molecule is O=C1CC(c2cc(=O)[nH]c(NCCc3cnccn3)n2)CN1C1CCCCC1. The molecule has 8 nitrogen and oxygen atoms in total. The Morgan fingerprint density at radius 3 is 2.82 bits per heavy atom. The van der Waals surface area contributed by atoms with Gasteiger partial charge in [0.15, 0.2) is 0 Å². The van der Waals surface area contributed by atoms with Gasteiger partial charge in [0, 0.05) is 62.5 Å². The molecule has 1 saturated heterocycles. The highest BCUT2D eigenvalue weighted by Gasteiger charge is 2.36. The third-order valence-electron chi connectivity index (χ3n) is 5.64. The summed E-state index contributed by atoms with van der Waals surface area (Å²) in [5.41, 5.74) is 1.37. The van der Waals surface area contributed by atoms with Crippen molar-refractivity contribution < 1.29 is 4.79 Å². The van der Waals surface area contributed by atoms with Crippen LogP contribution in [0.4, 0.5) is 5.95 Å². The van der Waals surface area contributed by atoms with Crippen LogP contribution in [0.25, 0.3) is 0 Å². The van der Waals surface area contributed by atoms with Crippen LogP contribution in [0.15, 0.2) is 29.5 Å². The van der Waals surface area contributed by atoms with Gasteiger partial charge in [-0.3, -0.25) is 24.5 Å². The summed E-state index contributed by atoms with van der Waals surface area (Å²) in [5.74, 6) is 0.614. The number of nitrogens with zero attached hydrogens (tertiary/aromatic N) is 4. The first-order chi connectivity index (χ1) is 13.7. The highest BCUT2D eigenvalue weighted by atomic mass is 16.2. The fraction of sp³-hybridized carbons (Fsp3) is 0.550. The van der Waals surface area contributed by atoms with Gasteiger partial charge in [0.05, 0.1) is 11.4 Å². The molecule has 1 amide bonds. The molecule has 148 valence electrons. The van der Waals surface area contributed by atoms with Crippen molar-refractivity contribution in [2.24, 2.45) is 0 Å². The Balaban J connectivity index is 1.40. The summed E-state index contributed by atoms with van der Waals surface area (Å²) in [6.45, 7) is 1.25. The normalized spacial score (nSPS) is 20.5. The van der Waals surface area contributed by atoms with Crippen LogP contribution in [0.5, 0.6) is 0 Å². The fourth-order valence-corrected chi connectivity index (χ4v) is 4.21. The first kappa shape index (κ1) is 18.6. The minimum absolute atomic E-state index is 0.0164. The highest BCUT2D eigenvalue weighted by Crippen LogP contribution is 2.32. The van der Waals surface area contributed by atoms with Crippen molar-refractivity contribution in [1.29, 1.82) is 0 Å². The molecule has 1 aliphatic heterocycles. The zero-order chi connectivity index (χ0) is 19.3. The average molecular weight is 382 g/mol. The number of aromatic nitrogens is 4. The van der Waals surface area contributed by atoms with Crippen LogP contribution in [0.1, 0.15) is 55.8 Å². The minimum Gasteiger partial charge on any atom is -0.355 e. The summed E-state index contributed by atoms with van der Waals surface area (Å²) in [6.07, 6.45) is 12.0. The number of amides is 1. The molecule has 1 aliphatic carbocycles. The molecule has 2 aromatic heterocycles. The molecule has 8 heteroatoms. The molecule has 28 heavy (non-hydrogen) atoms. The van der Waals surface area contributed by atoms with Crippen molar-refractivity contribution in [3.8, 4) is 0 Å². The maximum atomic E-state index is 12.5. The number of likely N-dealkylation sites (tertiary alicyclic amines) is 1. The molecule has 0 bridgehead atoms. The maximum absolute atomic E-state index is 12.5. The lowest BCUT2D eigenvalue weighted by Gasteiger charge is -2.31. The van der Waals surface area contributed by atoms with Crippen molar-refractivity contribution >= 4 is 11.9 Å². The van der Waals surface area contributed by atoms with E-state index in [-0.39, 0.29) is 17.4 Å². The molecule has 4 rings (SSSR count). The smallest absolute Gasteiger partial charge is 0.252 e. The maximum Gasteiger partial charge on any atom is 0.252 e. The number of rotatable bonds is 6. The Kier molecular flexibility index (Phi) is 5.64. The van der Waals surface area contributed by atoms with Crippen LogP contribution in [0.2, 0.25) is 0 Å². The van der Waals surface area contributed by atoms with Crippen molar-refractivity contribution in [1.82, 2.24) is 24.8 Å². The molecule has 1 atom stereocenters. The molecule has 1 unspecified atom stereocenters. The van der Waals surface area contributed by atoms with E-state index in [2.05, 4.69) is 25.3 Å². The zero-order valence-electron chi connectivity index (χ0n) is 15.9. The van der Waals surface area contributed by atoms with E-state index < -0.39 is 0 Å². The number of aromatic amines is 1. The summed E-state index contributed by atoms with van der Waals surface area (Å²) in [6, 6.07) is 1.88. The van der Waals surface area contributed by atoms with Crippen LogP contribution in [-0.4, -0.2) is 49.9 Å². The quantitative estimate of drug-likeness (QED) is 0.790. The lowest BCUT2D eigenvalue weighted by Crippen LogP contribution is -2.37. The Morgan fingerprint density at radius 1 is 1.18 bits per heavy atom. The standard InChI is InChI=1S/C20H26N6O2/c27-18-11-17(14-10-19(28)26(13-14)16-4-2-1-3-5-16)24-20(25-18)23-7-6-15-12-21-8-9-22-15/h8-9,11-12,14,16H,1-7,10,13H2,(H2,23,24,25,27). The van der Waals surface area contributed by atoms with E-state index in [4.69, 9.17) is 0 Å². The first-order valence-corrected chi connectivity index (χ1v) is 10.1. The number of hydrogen-bond acceptors (Lipinski definition) is 6. The average Bonchev–Trinajstić information content (AvgIpc) is 3.11. The second-order valence-corrected chi connectivity index (χ2v) is 7.63. The number of hydrogen-bond donors (Lipinski definition) is 2.